The van der Waals surface area contributed by atoms with E-state index in [9.17, 15) is 4.79 Å². The predicted octanol–water partition coefficient (Wildman–Crippen LogP) is 1.58. The summed E-state index contributed by atoms with van der Waals surface area (Å²) in [6.07, 6.45) is 2.74. The summed E-state index contributed by atoms with van der Waals surface area (Å²) in [5.41, 5.74) is 7.04. The van der Waals surface area contributed by atoms with Crippen LogP contribution in [0.15, 0.2) is 24.3 Å². The lowest BCUT2D eigenvalue weighted by Crippen LogP contribution is -2.44. The molecular formula is C15H22N2O2. The highest BCUT2D eigenvalue weighted by molar-refractivity contribution is 5.77. The number of hydrogen-bond acceptors (Lipinski definition) is 3. The Hall–Kier alpha value is -1.55. The summed E-state index contributed by atoms with van der Waals surface area (Å²) < 4.78 is 5.57. The van der Waals surface area contributed by atoms with Crippen LogP contribution in [0.5, 0.6) is 5.75 Å². The smallest absolute Gasteiger partial charge is 0.260 e. The van der Waals surface area contributed by atoms with Crippen LogP contribution in [-0.2, 0) is 11.2 Å². The van der Waals surface area contributed by atoms with Crippen LogP contribution in [0, 0.1) is 0 Å². The van der Waals surface area contributed by atoms with Crippen molar-refractivity contribution < 1.29 is 9.53 Å². The van der Waals surface area contributed by atoms with Crippen LogP contribution in [0.25, 0.3) is 0 Å². The van der Waals surface area contributed by atoms with E-state index >= 15 is 0 Å². The summed E-state index contributed by atoms with van der Waals surface area (Å²) in [5, 5.41) is 0. The van der Waals surface area contributed by atoms with Gasteiger partial charge in [0.1, 0.15) is 5.75 Å². The Balaban J connectivity index is 1.82. The van der Waals surface area contributed by atoms with Crippen molar-refractivity contribution >= 4 is 5.91 Å². The summed E-state index contributed by atoms with van der Waals surface area (Å²) in [6, 6.07) is 8.13. The molecule has 0 atom stereocenters. The van der Waals surface area contributed by atoms with Crippen LogP contribution in [-0.4, -0.2) is 36.5 Å². The van der Waals surface area contributed by atoms with Gasteiger partial charge in [0.2, 0.25) is 0 Å². The van der Waals surface area contributed by atoms with Gasteiger partial charge in [0.15, 0.2) is 6.61 Å². The first kappa shape index (κ1) is 13.9. The van der Waals surface area contributed by atoms with Crippen molar-refractivity contribution in [1.82, 2.24) is 4.90 Å². The first-order chi connectivity index (χ1) is 9.19. The lowest BCUT2D eigenvalue weighted by atomic mass is 10.1. The molecule has 2 N–H and O–H groups in total. The molecule has 4 heteroatoms. The molecule has 0 bridgehead atoms. The molecule has 0 radical (unpaired) electrons. The minimum atomic E-state index is 0.0498. The van der Waals surface area contributed by atoms with Crippen molar-refractivity contribution in [2.45, 2.75) is 32.2 Å². The summed E-state index contributed by atoms with van der Waals surface area (Å²) in [4.78, 5) is 13.8. The Labute approximate surface area is 114 Å². The van der Waals surface area contributed by atoms with E-state index in [0.29, 0.717) is 0 Å². The van der Waals surface area contributed by atoms with E-state index in [2.05, 4.69) is 13.0 Å². The average Bonchev–Trinajstić information content (AvgIpc) is 2.46. The molecule has 0 saturated carbocycles. The fourth-order valence-electron chi connectivity index (χ4n) is 2.24. The predicted molar refractivity (Wildman–Crippen MR) is 75.1 cm³/mol. The monoisotopic (exact) mass is 262 g/mol. The third-order valence-corrected chi connectivity index (χ3v) is 3.56. The standard InChI is InChI=1S/C15H22N2O2/c1-2-12-4-3-5-14(10-12)19-11-15(18)17-8-6-13(16)7-9-17/h3-5,10,13H,2,6-9,11,16H2,1H3. The summed E-state index contributed by atoms with van der Waals surface area (Å²) in [5.74, 6) is 0.815. The molecule has 1 amide bonds. The van der Waals surface area contributed by atoms with Crippen molar-refractivity contribution in [1.29, 1.82) is 0 Å². The van der Waals surface area contributed by atoms with Gasteiger partial charge in [0.05, 0.1) is 0 Å². The molecule has 0 spiro atoms. The number of hydrogen-bond donors (Lipinski definition) is 1. The zero-order chi connectivity index (χ0) is 13.7. The second-order valence-corrected chi connectivity index (χ2v) is 5.01. The Kier molecular flexibility index (Phi) is 4.80. The SMILES string of the molecule is CCc1cccc(OCC(=O)N2CCC(N)CC2)c1. The van der Waals surface area contributed by atoms with Crippen LogP contribution in [0.1, 0.15) is 25.3 Å². The molecule has 1 heterocycles. The number of carbonyl (C=O) groups excluding carboxylic acids is 1. The number of likely N-dealkylation sites (tertiary alicyclic amines) is 1. The second-order valence-electron chi connectivity index (χ2n) is 5.01. The second kappa shape index (κ2) is 6.57. The van der Waals surface area contributed by atoms with Crippen molar-refractivity contribution in [3.8, 4) is 5.75 Å². The maximum atomic E-state index is 12.0. The van der Waals surface area contributed by atoms with Gasteiger partial charge >= 0.3 is 0 Å². The first-order valence-corrected chi connectivity index (χ1v) is 6.94. The minimum Gasteiger partial charge on any atom is -0.484 e. The molecule has 1 saturated heterocycles. The lowest BCUT2D eigenvalue weighted by Gasteiger charge is -2.30. The van der Waals surface area contributed by atoms with E-state index < -0.39 is 0 Å². The van der Waals surface area contributed by atoms with E-state index in [1.54, 1.807) is 0 Å². The van der Waals surface area contributed by atoms with Gasteiger partial charge in [0.25, 0.3) is 5.91 Å². The Morgan fingerprint density at radius 1 is 1.42 bits per heavy atom. The number of rotatable bonds is 4. The quantitative estimate of drug-likeness (QED) is 0.896. The van der Waals surface area contributed by atoms with E-state index in [4.69, 9.17) is 10.5 Å². The fourth-order valence-corrected chi connectivity index (χ4v) is 2.24. The molecule has 0 unspecified atom stereocenters. The van der Waals surface area contributed by atoms with Crippen molar-refractivity contribution in [3.63, 3.8) is 0 Å². The number of piperidine rings is 1. The highest BCUT2D eigenvalue weighted by Gasteiger charge is 2.20. The van der Waals surface area contributed by atoms with Crippen LogP contribution in [0.4, 0.5) is 0 Å². The van der Waals surface area contributed by atoms with Gasteiger partial charge in [-0.25, -0.2) is 0 Å². The number of amides is 1. The molecule has 1 aromatic rings. The molecule has 1 aliphatic rings. The zero-order valence-electron chi connectivity index (χ0n) is 11.5. The molecule has 19 heavy (non-hydrogen) atoms. The van der Waals surface area contributed by atoms with Crippen LogP contribution in [0.3, 0.4) is 0 Å². The van der Waals surface area contributed by atoms with E-state index in [-0.39, 0.29) is 18.6 Å². The van der Waals surface area contributed by atoms with Crippen LogP contribution in [0.2, 0.25) is 0 Å². The molecule has 4 nitrogen and oxygen atoms in total. The van der Waals surface area contributed by atoms with Gasteiger partial charge in [-0.15, -0.1) is 0 Å². The van der Waals surface area contributed by atoms with Crippen molar-refractivity contribution in [3.05, 3.63) is 29.8 Å². The number of carbonyl (C=O) groups is 1. The summed E-state index contributed by atoms with van der Waals surface area (Å²) >= 11 is 0. The third-order valence-electron chi connectivity index (χ3n) is 3.56. The maximum Gasteiger partial charge on any atom is 0.260 e. The number of ether oxygens (including phenoxy) is 1. The van der Waals surface area contributed by atoms with Crippen molar-refractivity contribution in [2.24, 2.45) is 5.73 Å². The van der Waals surface area contributed by atoms with Gasteiger partial charge in [0, 0.05) is 19.1 Å². The van der Waals surface area contributed by atoms with Gasteiger partial charge in [-0.3, -0.25) is 4.79 Å². The van der Waals surface area contributed by atoms with Crippen LogP contribution >= 0.6 is 0 Å². The number of aryl methyl sites for hydroxylation is 1. The minimum absolute atomic E-state index is 0.0498. The Morgan fingerprint density at radius 3 is 2.84 bits per heavy atom. The Morgan fingerprint density at radius 2 is 2.16 bits per heavy atom. The molecule has 104 valence electrons. The molecule has 1 aromatic carbocycles. The lowest BCUT2D eigenvalue weighted by molar-refractivity contribution is -0.134. The number of nitrogens with two attached hydrogens (primary N) is 1. The van der Waals surface area contributed by atoms with E-state index in [1.807, 2.05) is 23.1 Å². The molecule has 1 aliphatic heterocycles. The first-order valence-electron chi connectivity index (χ1n) is 6.94. The van der Waals surface area contributed by atoms with Gasteiger partial charge in [-0.2, -0.15) is 0 Å². The molecule has 1 fully saturated rings. The zero-order valence-corrected chi connectivity index (χ0v) is 11.5. The molecule has 2 rings (SSSR count). The highest BCUT2D eigenvalue weighted by Crippen LogP contribution is 2.14. The molecular weight excluding hydrogens is 240 g/mol. The molecule has 0 aliphatic carbocycles. The van der Waals surface area contributed by atoms with E-state index in [1.165, 1.54) is 5.56 Å². The summed E-state index contributed by atoms with van der Waals surface area (Å²) in [7, 11) is 0. The maximum absolute atomic E-state index is 12.0. The normalized spacial score (nSPS) is 16.4. The van der Waals surface area contributed by atoms with Gasteiger partial charge < -0.3 is 15.4 Å². The number of nitrogens with zero attached hydrogens (tertiary/aromatic N) is 1. The summed E-state index contributed by atoms with van der Waals surface area (Å²) in [6.45, 7) is 3.71. The largest absolute Gasteiger partial charge is 0.484 e. The van der Waals surface area contributed by atoms with Crippen LogP contribution < -0.4 is 10.5 Å². The van der Waals surface area contributed by atoms with E-state index in [0.717, 1.165) is 38.1 Å². The number of benzene rings is 1. The molecule has 0 aromatic heterocycles. The topological polar surface area (TPSA) is 55.6 Å². The van der Waals surface area contributed by atoms with Gasteiger partial charge in [-0.1, -0.05) is 19.1 Å². The Bertz CT molecular complexity index is 426. The highest BCUT2D eigenvalue weighted by atomic mass is 16.5. The average molecular weight is 262 g/mol. The third kappa shape index (κ3) is 3.96. The van der Waals surface area contributed by atoms with Gasteiger partial charge in [-0.05, 0) is 37.0 Å². The fraction of sp³-hybridized carbons (Fsp3) is 0.533. The van der Waals surface area contributed by atoms with Crippen molar-refractivity contribution in [2.75, 3.05) is 19.7 Å².